The highest BCUT2D eigenvalue weighted by molar-refractivity contribution is 6.02. The predicted molar refractivity (Wildman–Crippen MR) is 94.5 cm³/mol. The molecule has 0 aliphatic heterocycles. The first-order valence-electron chi connectivity index (χ1n) is 7.75. The highest BCUT2D eigenvalue weighted by Crippen LogP contribution is 2.30. The number of nitriles is 1. The first kappa shape index (κ1) is 17.3. The second-order valence-electron chi connectivity index (χ2n) is 5.10. The number of carbonyl (C=O) groups excluding carboxylic acids is 1. The Morgan fingerprint density at radius 2 is 2.08 bits per heavy atom. The Morgan fingerprint density at radius 3 is 2.79 bits per heavy atom. The van der Waals surface area contributed by atoms with Crippen molar-refractivity contribution in [3.05, 3.63) is 60.2 Å². The van der Waals surface area contributed by atoms with Gasteiger partial charge < -0.3 is 9.47 Å². The molecule has 0 aliphatic rings. The van der Waals surface area contributed by atoms with Crippen LogP contribution in [0.15, 0.2) is 54.6 Å². The fourth-order valence-electron chi connectivity index (χ4n) is 2.26. The molecule has 0 spiro atoms. The van der Waals surface area contributed by atoms with E-state index < -0.39 is 5.97 Å². The number of fused-ring (bicyclic) bond motifs is 1. The number of esters is 1. The summed E-state index contributed by atoms with van der Waals surface area (Å²) >= 11 is 0. The van der Waals surface area contributed by atoms with E-state index in [1.54, 1.807) is 0 Å². The minimum atomic E-state index is -0.674. The number of ether oxygens (including phenoxy) is 2. The first-order valence-corrected chi connectivity index (χ1v) is 7.75. The van der Waals surface area contributed by atoms with Crippen molar-refractivity contribution in [1.82, 2.24) is 0 Å². The molecule has 0 aliphatic carbocycles. The highest BCUT2D eigenvalue weighted by atomic mass is 16.5. The lowest BCUT2D eigenvalue weighted by atomic mass is 10.0. The third kappa shape index (κ3) is 4.02. The summed E-state index contributed by atoms with van der Waals surface area (Å²) in [6, 6.07) is 13.5. The fraction of sp³-hybridized carbons (Fsp3) is 0.200. The van der Waals surface area contributed by atoms with E-state index in [4.69, 9.17) is 9.47 Å². The Bertz CT molecular complexity index is 815. The van der Waals surface area contributed by atoms with Gasteiger partial charge in [0.25, 0.3) is 0 Å². The molecule has 0 radical (unpaired) electrons. The van der Waals surface area contributed by atoms with Gasteiger partial charge in [0.2, 0.25) is 0 Å². The largest absolute Gasteiger partial charge is 0.493 e. The van der Waals surface area contributed by atoms with Crippen LogP contribution in [-0.2, 0) is 9.53 Å². The number of rotatable bonds is 7. The van der Waals surface area contributed by atoms with Gasteiger partial charge in [0.1, 0.15) is 24.0 Å². The van der Waals surface area contributed by atoms with Gasteiger partial charge in [-0.15, -0.1) is 0 Å². The summed E-state index contributed by atoms with van der Waals surface area (Å²) in [4.78, 5) is 12.0. The molecule has 0 atom stereocenters. The summed E-state index contributed by atoms with van der Waals surface area (Å²) in [5, 5.41) is 11.2. The van der Waals surface area contributed by atoms with Crippen LogP contribution in [0.1, 0.15) is 18.9 Å². The van der Waals surface area contributed by atoms with Crippen LogP contribution < -0.4 is 4.74 Å². The molecule has 0 unspecified atom stereocenters. The van der Waals surface area contributed by atoms with E-state index in [2.05, 4.69) is 6.58 Å². The lowest BCUT2D eigenvalue weighted by Gasteiger charge is -2.12. The van der Waals surface area contributed by atoms with E-state index in [1.165, 1.54) is 12.2 Å². The standard InChI is InChI=1S/C20H19NO3/c1-3-11-23-19-10-9-15-7-5-6-8-17(15)18(19)13-16(14-21)20(22)24-12-4-2/h4-10,13H,2-3,11-12H2,1H3/b16-13+. The summed E-state index contributed by atoms with van der Waals surface area (Å²) < 4.78 is 10.7. The van der Waals surface area contributed by atoms with E-state index in [9.17, 15) is 10.1 Å². The van der Waals surface area contributed by atoms with Crippen LogP contribution in [0.3, 0.4) is 0 Å². The molecule has 0 saturated heterocycles. The zero-order valence-corrected chi connectivity index (χ0v) is 13.6. The molecular formula is C20H19NO3. The van der Waals surface area contributed by atoms with Crippen LogP contribution in [0, 0.1) is 11.3 Å². The molecule has 4 nitrogen and oxygen atoms in total. The van der Waals surface area contributed by atoms with Gasteiger partial charge in [-0.3, -0.25) is 0 Å². The molecule has 0 saturated carbocycles. The van der Waals surface area contributed by atoms with Gasteiger partial charge in [-0.25, -0.2) is 4.79 Å². The topological polar surface area (TPSA) is 59.3 Å². The summed E-state index contributed by atoms with van der Waals surface area (Å²) in [6.07, 6.45) is 3.85. The Hall–Kier alpha value is -3.06. The minimum absolute atomic E-state index is 0.0621. The van der Waals surface area contributed by atoms with E-state index in [0.717, 1.165) is 17.2 Å². The molecule has 24 heavy (non-hydrogen) atoms. The molecular weight excluding hydrogens is 302 g/mol. The number of benzene rings is 2. The van der Waals surface area contributed by atoms with Crippen molar-refractivity contribution >= 4 is 22.8 Å². The molecule has 0 N–H and O–H groups in total. The molecule has 0 heterocycles. The van der Waals surface area contributed by atoms with Gasteiger partial charge in [-0.1, -0.05) is 49.9 Å². The van der Waals surface area contributed by atoms with Crippen molar-refractivity contribution in [2.45, 2.75) is 13.3 Å². The maximum Gasteiger partial charge on any atom is 0.349 e. The number of carbonyl (C=O) groups is 1. The fourth-order valence-corrected chi connectivity index (χ4v) is 2.26. The zero-order valence-electron chi connectivity index (χ0n) is 13.6. The smallest absolute Gasteiger partial charge is 0.349 e. The van der Waals surface area contributed by atoms with Crippen molar-refractivity contribution in [2.24, 2.45) is 0 Å². The molecule has 0 fully saturated rings. The summed E-state index contributed by atoms with van der Waals surface area (Å²) in [6.45, 7) is 6.13. The van der Waals surface area contributed by atoms with Crippen molar-refractivity contribution < 1.29 is 14.3 Å². The van der Waals surface area contributed by atoms with Crippen LogP contribution >= 0.6 is 0 Å². The van der Waals surface area contributed by atoms with E-state index >= 15 is 0 Å². The van der Waals surface area contributed by atoms with Crippen LogP contribution in [-0.4, -0.2) is 19.2 Å². The third-order valence-electron chi connectivity index (χ3n) is 3.35. The minimum Gasteiger partial charge on any atom is -0.493 e. The lowest BCUT2D eigenvalue weighted by molar-refractivity contribution is -0.137. The zero-order chi connectivity index (χ0) is 17.4. The second-order valence-corrected chi connectivity index (χ2v) is 5.10. The Labute approximate surface area is 141 Å². The van der Waals surface area contributed by atoms with E-state index in [1.807, 2.05) is 49.4 Å². The summed E-state index contributed by atoms with van der Waals surface area (Å²) in [7, 11) is 0. The Balaban J connectivity index is 2.54. The lowest BCUT2D eigenvalue weighted by Crippen LogP contribution is -2.07. The summed E-state index contributed by atoms with van der Waals surface area (Å²) in [5.41, 5.74) is 0.628. The van der Waals surface area contributed by atoms with Crippen LogP contribution in [0.5, 0.6) is 5.75 Å². The normalized spacial score (nSPS) is 10.9. The molecule has 0 amide bonds. The Kier molecular flexibility index (Phi) is 6.16. The van der Waals surface area contributed by atoms with Crippen LogP contribution in [0.25, 0.3) is 16.8 Å². The quantitative estimate of drug-likeness (QED) is 0.331. The highest BCUT2D eigenvalue weighted by Gasteiger charge is 2.14. The molecule has 0 bridgehead atoms. The van der Waals surface area contributed by atoms with Gasteiger partial charge in [0.15, 0.2) is 0 Å². The number of hydrogen-bond donors (Lipinski definition) is 0. The van der Waals surface area contributed by atoms with Crippen molar-refractivity contribution in [3.8, 4) is 11.8 Å². The first-order chi connectivity index (χ1) is 11.7. The molecule has 2 aromatic carbocycles. The van der Waals surface area contributed by atoms with Crippen LogP contribution in [0.2, 0.25) is 0 Å². The van der Waals surface area contributed by atoms with Gasteiger partial charge in [-0.05, 0) is 29.3 Å². The molecule has 0 aromatic heterocycles. The molecule has 122 valence electrons. The molecule has 2 rings (SSSR count). The monoisotopic (exact) mass is 321 g/mol. The summed E-state index contributed by atoms with van der Waals surface area (Å²) in [5.74, 6) is -0.0356. The molecule has 4 heteroatoms. The van der Waals surface area contributed by atoms with Crippen molar-refractivity contribution in [1.29, 1.82) is 5.26 Å². The Morgan fingerprint density at radius 1 is 1.29 bits per heavy atom. The number of nitrogens with zero attached hydrogens (tertiary/aromatic N) is 1. The van der Waals surface area contributed by atoms with Gasteiger partial charge in [-0.2, -0.15) is 5.26 Å². The van der Waals surface area contributed by atoms with Gasteiger partial charge in [0.05, 0.1) is 6.61 Å². The number of hydrogen-bond acceptors (Lipinski definition) is 4. The average Bonchev–Trinajstić information content (AvgIpc) is 2.62. The maximum atomic E-state index is 12.0. The third-order valence-corrected chi connectivity index (χ3v) is 3.35. The SMILES string of the molecule is C=CCOC(=O)/C(C#N)=C/c1c(OCCC)ccc2ccccc12. The molecule has 2 aromatic rings. The van der Waals surface area contributed by atoms with Gasteiger partial charge >= 0.3 is 5.97 Å². The maximum absolute atomic E-state index is 12.0. The van der Waals surface area contributed by atoms with Gasteiger partial charge in [0, 0.05) is 5.56 Å². The average molecular weight is 321 g/mol. The van der Waals surface area contributed by atoms with E-state index in [-0.39, 0.29) is 12.2 Å². The second kappa shape index (κ2) is 8.54. The van der Waals surface area contributed by atoms with Crippen molar-refractivity contribution in [3.63, 3.8) is 0 Å². The predicted octanol–water partition coefficient (Wildman–Crippen LogP) is 4.26. The van der Waals surface area contributed by atoms with Crippen molar-refractivity contribution in [2.75, 3.05) is 13.2 Å². The van der Waals surface area contributed by atoms with E-state index in [0.29, 0.717) is 17.9 Å². The van der Waals surface area contributed by atoms with Crippen LogP contribution in [0.4, 0.5) is 0 Å².